The van der Waals surface area contributed by atoms with Crippen LogP contribution in [0.1, 0.15) is 5.56 Å². The van der Waals surface area contributed by atoms with Gasteiger partial charge < -0.3 is 19.5 Å². The third kappa shape index (κ3) is 5.31. The molecule has 2 aromatic rings. The Morgan fingerprint density at radius 1 is 1.04 bits per heavy atom. The number of hydrogen-bond donors (Lipinski definition) is 1. The minimum Gasteiger partial charge on any atom is -0.497 e. The van der Waals surface area contributed by atoms with Crippen LogP contribution in [0.2, 0.25) is 0 Å². The number of rotatable bonds is 7. The summed E-state index contributed by atoms with van der Waals surface area (Å²) in [5.74, 6) is 1.85. The molecule has 0 aliphatic carbocycles. The number of nitrogens with one attached hydrogen (secondary N) is 1. The molecule has 0 radical (unpaired) electrons. The molecule has 1 N–H and O–H groups in total. The molecule has 0 saturated heterocycles. The SMILES string of the molecule is COc1ccc(CNC(=O)COc2ccc(I)cc2)c(OC)c1. The highest BCUT2D eigenvalue weighted by Crippen LogP contribution is 2.24. The van der Waals surface area contributed by atoms with Crippen LogP contribution in [0.4, 0.5) is 0 Å². The van der Waals surface area contributed by atoms with Gasteiger partial charge in [0.05, 0.1) is 14.2 Å². The van der Waals surface area contributed by atoms with Crippen LogP contribution in [0, 0.1) is 3.57 Å². The van der Waals surface area contributed by atoms with E-state index in [9.17, 15) is 4.79 Å². The van der Waals surface area contributed by atoms with Gasteiger partial charge in [-0.3, -0.25) is 4.79 Å². The molecule has 0 bridgehead atoms. The molecule has 6 heteroatoms. The summed E-state index contributed by atoms with van der Waals surface area (Å²) in [6, 6.07) is 13.0. The second kappa shape index (κ2) is 8.61. The molecule has 0 aromatic heterocycles. The summed E-state index contributed by atoms with van der Waals surface area (Å²) in [4.78, 5) is 11.9. The molecule has 1 amide bonds. The molecule has 0 atom stereocenters. The molecule has 0 heterocycles. The van der Waals surface area contributed by atoms with E-state index in [-0.39, 0.29) is 12.5 Å². The van der Waals surface area contributed by atoms with Crippen molar-refractivity contribution in [1.82, 2.24) is 5.32 Å². The summed E-state index contributed by atoms with van der Waals surface area (Å²) in [7, 11) is 3.18. The largest absolute Gasteiger partial charge is 0.497 e. The maximum absolute atomic E-state index is 11.9. The minimum atomic E-state index is -0.193. The smallest absolute Gasteiger partial charge is 0.258 e. The quantitative estimate of drug-likeness (QED) is 0.691. The van der Waals surface area contributed by atoms with E-state index in [1.165, 1.54) is 0 Å². The van der Waals surface area contributed by atoms with E-state index in [0.29, 0.717) is 23.8 Å². The van der Waals surface area contributed by atoms with Gasteiger partial charge in [0, 0.05) is 21.7 Å². The highest BCUT2D eigenvalue weighted by molar-refractivity contribution is 14.1. The molecule has 2 rings (SSSR count). The van der Waals surface area contributed by atoms with Gasteiger partial charge >= 0.3 is 0 Å². The Morgan fingerprint density at radius 2 is 1.74 bits per heavy atom. The highest BCUT2D eigenvalue weighted by atomic mass is 127. The maximum Gasteiger partial charge on any atom is 0.258 e. The maximum atomic E-state index is 11.9. The summed E-state index contributed by atoms with van der Waals surface area (Å²) in [5, 5.41) is 2.81. The number of benzene rings is 2. The Labute approximate surface area is 149 Å². The molecular weight excluding hydrogens is 409 g/mol. The average molecular weight is 427 g/mol. The van der Waals surface area contributed by atoms with E-state index in [1.807, 2.05) is 36.4 Å². The zero-order valence-electron chi connectivity index (χ0n) is 13.0. The summed E-state index contributed by atoms with van der Waals surface area (Å²) >= 11 is 2.21. The van der Waals surface area contributed by atoms with Crippen LogP contribution in [0.15, 0.2) is 42.5 Å². The first kappa shape index (κ1) is 17.4. The van der Waals surface area contributed by atoms with Gasteiger partial charge in [-0.2, -0.15) is 0 Å². The van der Waals surface area contributed by atoms with Gasteiger partial charge in [-0.15, -0.1) is 0 Å². The van der Waals surface area contributed by atoms with Crippen molar-refractivity contribution >= 4 is 28.5 Å². The van der Waals surface area contributed by atoms with Crippen molar-refractivity contribution in [3.05, 3.63) is 51.6 Å². The van der Waals surface area contributed by atoms with Crippen LogP contribution >= 0.6 is 22.6 Å². The molecule has 2 aromatic carbocycles. The van der Waals surface area contributed by atoms with Gasteiger partial charge in [0.2, 0.25) is 0 Å². The van der Waals surface area contributed by atoms with E-state index in [0.717, 1.165) is 9.13 Å². The normalized spacial score (nSPS) is 10.0. The van der Waals surface area contributed by atoms with E-state index in [1.54, 1.807) is 20.3 Å². The second-order valence-corrected chi connectivity index (χ2v) is 5.94. The van der Waals surface area contributed by atoms with E-state index >= 15 is 0 Å². The van der Waals surface area contributed by atoms with Crippen LogP contribution in [0.3, 0.4) is 0 Å². The zero-order chi connectivity index (χ0) is 16.7. The predicted molar refractivity (Wildman–Crippen MR) is 96.0 cm³/mol. The van der Waals surface area contributed by atoms with Gasteiger partial charge in [-0.25, -0.2) is 0 Å². The average Bonchev–Trinajstić information content (AvgIpc) is 2.59. The van der Waals surface area contributed by atoms with Gasteiger partial charge in [0.1, 0.15) is 17.2 Å². The fourth-order valence-corrected chi connectivity index (χ4v) is 2.28. The standard InChI is InChI=1S/C17H18INO4/c1-21-15-6-3-12(16(9-15)22-2)10-19-17(20)11-23-14-7-4-13(18)5-8-14/h3-9H,10-11H2,1-2H3,(H,19,20). The lowest BCUT2D eigenvalue weighted by Crippen LogP contribution is -2.28. The van der Waals surface area contributed by atoms with Crippen molar-refractivity contribution in [2.24, 2.45) is 0 Å². The number of ether oxygens (including phenoxy) is 3. The lowest BCUT2D eigenvalue weighted by Gasteiger charge is -2.12. The molecule has 122 valence electrons. The van der Waals surface area contributed by atoms with Crippen molar-refractivity contribution in [2.45, 2.75) is 6.54 Å². The van der Waals surface area contributed by atoms with Gasteiger partial charge in [0.15, 0.2) is 6.61 Å². The van der Waals surface area contributed by atoms with Gasteiger partial charge in [-0.1, -0.05) is 0 Å². The number of carbonyl (C=O) groups excluding carboxylic acids is 1. The van der Waals surface area contributed by atoms with Crippen molar-refractivity contribution in [3.63, 3.8) is 0 Å². The summed E-state index contributed by atoms with van der Waals surface area (Å²) < 4.78 is 17.0. The summed E-state index contributed by atoms with van der Waals surface area (Å²) in [6.07, 6.45) is 0. The second-order valence-electron chi connectivity index (χ2n) is 4.70. The molecule has 0 spiro atoms. The first-order chi connectivity index (χ1) is 11.1. The predicted octanol–water partition coefficient (Wildman–Crippen LogP) is 3.00. The number of amides is 1. The first-order valence-electron chi connectivity index (χ1n) is 6.98. The molecule has 0 saturated carbocycles. The molecular formula is C17H18INO4. The summed E-state index contributed by atoms with van der Waals surface area (Å²) in [5.41, 5.74) is 0.871. The summed E-state index contributed by atoms with van der Waals surface area (Å²) in [6.45, 7) is 0.334. The third-order valence-corrected chi connectivity index (χ3v) is 3.87. The Morgan fingerprint density at radius 3 is 2.39 bits per heavy atom. The van der Waals surface area contributed by atoms with E-state index in [4.69, 9.17) is 14.2 Å². The van der Waals surface area contributed by atoms with Crippen LogP contribution in [0.25, 0.3) is 0 Å². The molecule has 5 nitrogen and oxygen atoms in total. The fraction of sp³-hybridized carbons (Fsp3) is 0.235. The van der Waals surface area contributed by atoms with E-state index in [2.05, 4.69) is 27.9 Å². The molecule has 0 unspecified atom stereocenters. The van der Waals surface area contributed by atoms with E-state index < -0.39 is 0 Å². The highest BCUT2D eigenvalue weighted by Gasteiger charge is 2.08. The van der Waals surface area contributed by atoms with Gasteiger partial charge in [-0.05, 0) is 59.0 Å². The topological polar surface area (TPSA) is 56.8 Å². The van der Waals surface area contributed by atoms with Crippen molar-refractivity contribution in [1.29, 1.82) is 0 Å². The monoisotopic (exact) mass is 427 g/mol. The van der Waals surface area contributed by atoms with Crippen LogP contribution in [-0.2, 0) is 11.3 Å². The Balaban J connectivity index is 1.85. The Hall–Kier alpha value is -1.96. The lowest BCUT2D eigenvalue weighted by molar-refractivity contribution is -0.123. The third-order valence-electron chi connectivity index (χ3n) is 3.15. The number of methoxy groups -OCH3 is 2. The molecule has 0 fully saturated rings. The molecule has 0 aliphatic rings. The lowest BCUT2D eigenvalue weighted by atomic mass is 10.2. The van der Waals surface area contributed by atoms with Crippen LogP contribution in [-0.4, -0.2) is 26.7 Å². The van der Waals surface area contributed by atoms with Gasteiger partial charge in [0.25, 0.3) is 5.91 Å². The van der Waals surface area contributed by atoms with Crippen LogP contribution < -0.4 is 19.5 Å². The van der Waals surface area contributed by atoms with Crippen molar-refractivity contribution < 1.29 is 19.0 Å². The Bertz CT molecular complexity index is 658. The Kier molecular flexibility index (Phi) is 6.52. The first-order valence-corrected chi connectivity index (χ1v) is 8.06. The fourth-order valence-electron chi connectivity index (χ4n) is 1.92. The number of hydrogen-bond acceptors (Lipinski definition) is 4. The minimum absolute atomic E-state index is 0.0287. The number of carbonyl (C=O) groups is 1. The molecule has 0 aliphatic heterocycles. The van der Waals surface area contributed by atoms with Crippen molar-refractivity contribution in [2.75, 3.05) is 20.8 Å². The molecule has 23 heavy (non-hydrogen) atoms. The van der Waals surface area contributed by atoms with Crippen LogP contribution in [0.5, 0.6) is 17.2 Å². The van der Waals surface area contributed by atoms with Crippen molar-refractivity contribution in [3.8, 4) is 17.2 Å². The zero-order valence-corrected chi connectivity index (χ0v) is 15.1. The number of halogens is 1.